The van der Waals surface area contributed by atoms with Crippen LogP contribution in [0.25, 0.3) is 0 Å². The third-order valence-corrected chi connectivity index (χ3v) is 4.60. The molecule has 2 atom stereocenters. The second kappa shape index (κ2) is 7.89. The molecule has 1 aromatic carbocycles. The van der Waals surface area contributed by atoms with Gasteiger partial charge in [0.15, 0.2) is 11.5 Å². The highest BCUT2D eigenvalue weighted by molar-refractivity contribution is 9.09. The van der Waals surface area contributed by atoms with E-state index in [1.54, 1.807) is 0 Å². The quantitative estimate of drug-likeness (QED) is 0.707. The van der Waals surface area contributed by atoms with Crippen LogP contribution in [0.1, 0.15) is 20.3 Å². The molecule has 1 aromatic rings. The Kier molecular flexibility index (Phi) is 6.17. The van der Waals surface area contributed by atoms with Crippen molar-refractivity contribution in [1.82, 2.24) is 4.90 Å². The molecule has 1 aliphatic rings. The Bertz CT molecular complexity index is 413. The van der Waals surface area contributed by atoms with E-state index in [0.29, 0.717) is 19.3 Å². The summed E-state index contributed by atoms with van der Waals surface area (Å²) in [5.41, 5.74) is 0. The first kappa shape index (κ1) is 15.6. The lowest BCUT2D eigenvalue weighted by atomic mass is 10.1. The summed E-state index contributed by atoms with van der Waals surface area (Å²) >= 11 is 3.62. The molecule has 1 heterocycles. The Morgan fingerprint density at radius 3 is 2.60 bits per heavy atom. The first-order valence-electron chi connectivity index (χ1n) is 7.41. The van der Waals surface area contributed by atoms with Crippen molar-refractivity contribution in [2.45, 2.75) is 26.3 Å². The normalized spacial score (nSPS) is 22.9. The van der Waals surface area contributed by atoms with E-state index in [0.717, 1.165) is 29.3 Å². The zero-order chi connectivity index (χ0) is 14.4. The molecule has 1 saturated heterocycles. The molecular weight excluding hydrogens is 318 g/mol. The van der Waals surface area contributed by atoms with E-state index in [-0.39, 0.29) is 0 Å². The molecule has 20 heavy (non-hydrogen) atoms. The molecule has 3 nitrogen and oxygen atoms in total. The Balaban J connectivity index is 1.84. The number of alkyl halides is 1. The van der Waals surface area contributed by atoms with Crippen LogP contribution in [0.5, 0.6) is 11.5 Å². The Morgan fingerprint density at radius 1 is 1.25 bits per heavy atom. The van der Waals surface area contributed by atoms with Crippen molar-refractivity contribution in [2.24, 2.45) is 5.92 Å². The number of hydrogen-bond acceptors (Lipinski definition) is 3. The smallest absolute Gasteiger partial charge is 0.161 e. The van der Waals surface area contributed by atoms with Gasteiger partial charge >= 0.3 is 0 Å². The van der Waals surface area contributed by atoms with Crippen molar-refractivity contribution >= 4 is 15.9 Å². The van der Waals surface area contributed by atoms with Gasteiger partial charge in [0.25, 0.3) is 0 Å². The number of nitrogens with zero attached hydrogens (tertiary/aromatic N) is 1. The molecule has 0 aromatic heterocycles. The van der Waals surface area contributed by atoms with Gasteiger partial charge in [-0.25, -0.2) is 0 Å². The lowest BCUT2D eigenvalue weighted by molar-refractivity contribution is 0.191. The summed E-state index contributed by atoms with van der Waals surface area (Å²) in [5.74, 6) is 2.45. The van der Waals surface area contributed by atoms with E-state index in [4.69, 9.17) is 9.47 Å². The number of rotatable bonds is 7. The largest absolute Gasteiger partial charge is 0.490 e. The van der Waals surface area contributed by atoms with Gasteiger partial charge in [-0.05, 0) is 37.9 Å². The zero-order valence-corrected chi connectivity index (χ0v) is 13.9. The fourth-order valence-corrected chi connectivity index (χ4v) is 3.78. The highest BCUT2D eigenvalue weighted by Gasteiger charge is 2.29. The van der Waals surface area contributed by atoms with Gasteiger partial charge in [-0.2, -0.15) is 0 Å². The number of hydrogen-bond donors (Lipinski definition) is 0. The van der Waals surface area contributed by atoms with Crippen molar-refractivity contribution < 1.29 is 9.47 Å². The van der Waals surface area contributed by atoms with Gasteiger partial charge in [0.2, 0.25) is 0 Å². The Hall–Kier alpha value is -0.740. The molecule has 112 valence electrons. The van der Waals surface area contributed by atoms with Crippen LogP contribution in [-0.2, 0) is 0 Å². The second-order valence-corrected chi connectivity index (χ2v) is 5.90. The average molecular weight is 342 g/mol. The summed E-state index contributed by atoms with van der Waals surface area (Å²) < 4.78 is 11.5. The van der Waals surface area contributed by atoms with E-state index >= 15 is 0 Å². The van der Waals surface area contributed by atoms with Crippen LogP contribution < -0.4 is 9.47 Å². The maximum atomic E-state index is 5.90. The molecule has 1 aliphatic heterocycles. The van der Waals surface area contributed by atoms with Crippen molar-refractivity contribution in [2.75, 3.05) is 31.6 Å². The third kappa shape index (κ3) is 3.89. The predicted octanol–water partition coefficient (Wildman–Crippen LogP) is 3.57. The van der Waals surface area contributed by atoms with Crippen LogP contribution in [0.2, 0.25) is 0 Å². The van der Waals surface area contributed by atoms with Gasteiger partial charge in [0, 0.05) is 17.9 Å². The molecule has 0 bridgehead atoms. The maximum Gasteiger partial charge on any atom is 0.161 e. The SMILES string of the molecule is CCOc1ccccc1OCCN1CCC(C)C1CBr. The minimum atomic E-state index is 0.640. The van der Waals surface area contributed by atoms with E-state index in [2.05, 4.69) is 27.8 Å². The third-order valence-electron chi connectivity index (χ3n) is 3.94. The highest BCUT2D eigenvalue weighted by Crippen LogP contribution is 2.27. The number of para-hydroxylation sites is 2. The first-order valence-corrected chi connectivity index (χ1v) is 8.53. The average Bonchev–Trinajstić information content (AvgIpc) is 2.81. The first-order chi connectivity index (χ1) is 9.76. The van der Waals surface area contributed by atoms with Gasteiger partial charge in [-0.15, -0.1) is 0 Å². The van der Waals surface area contributed by atoms with E-state index in [9.17, 15) is 0 Å². The number of benzene rings is 1. The molecule has 0 amide bonds. The Morgan fingerprint density at radius 2 is 1.95 bits per heavy atom. The monoisotopic (exact) mass is 341 g/mol. The minimum Gasteiger partial charge on any atom is -0.490 e. The van der Waals surface area contributed by atoms with Crippen molar-refractivity contribution in [3.8, 4) is 11.5 Å². The molecule has 4 heteroatoms. The van der Waals surface area contributed by atoms with E-state index < -0.39 is 0 Å². The molecule has 0 N–H and O–H groups in total. The summed E-state index contributed by atoms with van der Waals surface area (Å²) in [4.78, 5) is 2.52. The highest BCUT2D eigenvalue weighted by atomic mass is 79.9. The van der Waals surface area contributed by atoms with Crippen molar-refractivity contribution in [3.63, 3.8) is 0 Å². The molecule has 0 spiro atoms. The summed E-state index contributed by atoms with van der Waals surface area (Å²) in [6, 6.07) is 8.52. The lowest BCUT2D eigenvalue weighted by Crippen LogP contribution is -2.36. The van der Waals surface area contributed by atoms with Crippen LogP contribution in [0.4, 0.5) is 0 Å². The molecule has 1 fully saturated rings. The molecule has 2 rings (SSSR count). The van der Waals surface area contributed by atoms with Gasteiger partial charge in [-0.3, -0.25) is 4.90 Å². The fourth-order valence-electron chi connectivity index (χ4n) is 2.73. The van der Waals surface area contributed by atoms with Crippen LogP contribution in [-0.4, -0.2) is 42.6 Å². The molecule has 0 aliphatic carbocycles. The summed E-state index contributed by atoms with van der Waals surface area (Å²) in [7, 11) is 0. The number of likely N-dealkylation sites (tertiary alicyclic amines) is 1. The molecule has 2 unspecified atom stereocenters. The van der Waals surface area contributed by atoms with E-state index in [1.165, 1.54) is 13.0 Å². The molecule has 0 saturated carbocycles. The molecule has 0 radical (unpaired) electrons. The second-order valence-electron chi connectivity index (χ2n) is 5.25. The van der Waals surface area contributed by atoms with Gasteiger partial charge in [0.1, 0.15) is 6.61 Å². The zero-order valence-electron chi connectivity index (χ0n) is 12.3. The van der Waals surface area contributed by atoms with E-state index in [1.807, 2.05) is 31.2 Å². The number of ether oxygens (including phenoxy) is 2. The Labute approximate surface area is 130 Å². The van der Waals surface area contributed by atoms with Crippen LogP contribution in [0.3, 0.4) is 0 Å². The van der Waals surface area contributed by atoms with Gasteiger partial charge < -0.3 is 9.47 Å². The summed E-state index contributed by atoms with van der Waals surface area (Å²) in [6.07, 6.45) is 1.28. The van der Waals surface area contributed by atoms with Crippen LogP contribution >= 0.6 is 15.9 Å². The fraction of sp³-hybridized carbons (Fsp3) is 0.625. The standard InChI is InChI=1S/C16H24BrNO2/c1-3-19-15-6-4-5-7-16(15)20-11-10-18-9-8-13(2)14(18)12-17/h4-7,13-14H,3,8-12H2,1-2H3. The summed E-state index contributed by atoms with van der Waals surface area (Å²) in [6.45, 7) is 7.84. The van der Waals surface area contributed by atoms with Crippen molar-refractivity contribution in [1.29, 1.82) is 0 Å². The summed E-state index contributed by atoms with van der Waals surface area (Å²) in [5, 5.41) is 1.05. The van der Waals surface area contributed by atoms with Crippen LogP contribution in [0.15, 0.2) is 24.3 Å². The minimum absolute atomic E-state index is 0.640. The number of halogens is 1. The predicted molar refractivity (Wildman–Crippen MR) is 86.0 cm³/mol. The topological polar surface area (TPSA) is 21.7 Å². The lowest BCUT2D eigenvalue weighted by Gasteiger charge is -2.25. The van der Waals surface area contributed by atoms with Gasteiger partial charge in [0.05, 0.1) is 6.61 Å². The molecular formula is C16H24BrNO2. The maximum absolute atomic E-state index is 5.90. The van der Waals surface area contributed by atoms with Crippen molar-refractivity contribution in [3.05, 3.63) is 24.3 Å². The van der Waals surface area contributed by atoms with Gasteiger partial charge in [-0.1, -0.05) is 35.0 Å². The van der Waals surface area contributed by atoms with Crippen LogP contribution in [0, 0.1) is 5.92 Å².